The van der Waals surface area contributed by atoms with Crippen molar-refractivity contribution in [2.24, 2.45) is 4.99 Å². The Morgan fingerprint density at radius 1 is 1.13 bits per heavy atom. The first-order valence-electron chi connectivity index (χ1n) is 6.92. The molecule has 6 nitrogen and oxygen atoms in total. The summed E-state index contributed by atoms with van der Waals surface area (Å²) in [5.74, 6) is -0.405. The van der Waals surface area contributed by atoms with Crippen molar-refractivity contribution < 1.29 is 14.3 Å². The Balaban J connectivity index is 1.84. The predicted octanol–water partition coefficient (Wildman–Crippen LogP) is 2.38. The van der Waals surface area contributed by atoms with Gasteiger partial charge in [-0.3, -0.25) is 9.78 Å². The Labute approximate surface area is 132 Å². The molecule has 1 aliphatic rings. The summed E-state index contributed by atoms with van der Waals surface area (Å²) in [5.41, 5.74) is 2.37. The minimum atomic E-state index is -0.497. The minimum Gasteiger partial charge on any atom is -0.402 e. The summed E-state index contributed by atoms with van der Waals surface area (Å²) in [4.78, 5) is 31.0. The highest BCUT2D eigenvalue weighted by molar-refractivity contribution is 6.13. The van der Waals surface area contributed by atoms with Gasteiger partial charge in [0.15, 0.2) is 5.70 Å². The van der Waals surface area contributed by atoms with Crippen LogP contribution in [0.1, 0.15) is 18.1 Å². The molecule has 0 bridgehead atoms. The molecule has 1 N–H and O–H groups in total. The third-order valence-corrected chi connectivity index (χ3v) is 3.08. The third kappa shape index (κ3) is 3.49. The lowest BCUT2D eigenvalue weighted by atomic mass is 10.2. The standard InChI is InChI=1S/C17H13N3O3/c1-11(21)19-14-4-2-13(3-5-14)16-20-15(17(22)23-16)10-12-6-8-18-9-7-12/h2-10H,1H3,(H,19,21). The monoisotopic (exact) mass is 307 g/mol. The van der Waals surface area contributed by atoms with Crippen molar-refractivity contribution in [3.8, 4) is 0 Å². The predicted molar refractivity (Wildman–Crippen MR) is 85.6 cm³/mol. The Bertz CT molecular complexity index is 809. The van der Waals surface area contributed by atoms with Gasteiger partial charge in [0.2, 0.25) is 11.8 Å². The summed E-state index contributed by atoms with van der Waals surface area (Å²) in [6.07, 6.45) is 4.92. The molecule has 0 spiro atoms. The molecule has 0 fully saturated rings. The van der Waals surface area contributed by atoms with Crippen LogP contribution >= 0.6 is 0 Å². The molecule has 6 heteroatoms. The van der Waals surface area contributed by atoms with Crippen LogP contribution in [0.3, 0.4) is 0 Å². The van der Waals surface area contributed by atoms with Gasteiger partial charge in [-0.05, 0) is 48.0 Å². The number of esters is 1. The van der Waals surface area contributed by atoms with Gasteiger partial charge in [0.25, 0.3) is 0 Å². The van der Waals surface area contributed by atoms with E-state index in [1.807, 2.05) is 0 Å². The van der Waals surface area contributed by atoms with Gasteiger partial charge in [0.05, 0.1) is 0 Å². The number of benzene rings is 1. The van der Waals surface area contributed by atoms with E-state index in [0.29, 0.717) is 11.3 Å². The van der Waals surface area contributed by atoms with Gasteiger partial charge in [-0.2, -0.15) is 0 Å². The number of nitrogens with zero attached hydrogens (tertiary/aromatic N) is 2. The highest BCUT2D eigenvalue weighted by Crippen LogP contribution is 2.20. The Morgan fingerprint density at radius 2 is 1.83 bits per heavy atom. The average Bonchev–Trinajstić information content (AvgIpc) is 2.89. The number of ether oxygens (including phenoxy) is 1. The van der Waals surface area contributed by atoms with Crippen LogP contribution < -0.4 is 5.32 Å². The number of amides is 1. The quantitative estimate of drug-likeness (QED) is 0.697. The Kier molecular flexibility index (Phi) is 3.97. The molecule has 1 aromatic heterocycles. The van der Waals surface area contributed by atoms with Gasteiger partial charge in [-0.15, -0.1) is 0 Å². The SMILES string of the molecule is CC(=O)Nc1ccc(C2=NC(=Cc3ccncc3)C(=O)O2)cc1. The number of cyclic esters (lactones) is 1. The number of nitrogens with one attached hydrogen (secondary N) is 1. The molecule has 0 saturated carbocycles. The zero-order valence-electron chi connectivity index (χ0n) is 12.3. The van der Waals surface area contributed by atoms with E-state index in [0.717, 1.165) is 5.56 Å². The fraction of sp³-hybridized carbons (Fsp3) is 0.0588. The second-order valence-electron chi connectivity index (χ2n) is 4.88. The largest absolute Gasteiger partial charge is 0.402 e. The van der Waals surface area contributed by atoms with Gasteiger partial charge < -0.3 is 10.1 Å². The molecule has 0 saturated heterocycles. The van der Waals surface area contributed by atoms with Crippen LogP contribution in [0.4, 0.5) is 5.69 Å². The number of hydrogen-bond donors (Lipinski definition) is 1. The van der Waals surface area contributed by atoms with E-state index in [1.165, 1.54) is 6.92 Å². The fourth-order valence-electron chi connectivity index (χ4n) is 2.05. The molecule has 0 aliphatic carbocycles. The molecular weight excluding hydrogens is 294 g/mol. The molecule has 0 radical (unpaired) electrons. The van der Waals surface area contributed by atoms with E-state index in [-0.39, 0.29) is 17.5 Å². The van der Waals surface area contributed by atoms with E-state index in [2.05, 4.69) is 15.3 Å². The van der Waals surface area contributed by atoms with E-state index >= 15 is 0 Å². The summed E-state index contributed by atoms with van der Waals surface area (Å²) < 4.78 is 5.19. The molecule has 0 atom stereocenters. The van der Waals surface area contributed by atoms with Crippen molar-refractivity contribution >= 4 is 29.5 Å². The smallest absolute Gasteiger partial charge is 0.363 e. The van der Waals surface area contributed by atoms with Crippen molar-refractivity contribution in [3.05, 3.63) is 65.6 Å². The zero-order chi connectivity index (χ0) is 16.2. The van der Waals surface area contributed by atoms with Crippen molar-refractivity contribution in [2.45, 2.75) is 6.92 Å². The summed E-state index contributed by atoms with van der Waals surface area (Å²) in [5, 5.41) is 2.67. The summed E-state index contributed by atoms with van der Waals surface area (Å²) in [6.45, 7) is 1.44. The summed E-state index contributed by atoms with van der Waals surface area (Å²) in [7, 11) is 0. The second-order valence-corrected chi connectivity index (χ2v) is 4.88. The van der Waals surface area contributed by atoms with Crippen molar-refractivity contribution in [1.82, 2.24) is 4.98 Å². The maximum Gasteiger partial charge on any atom is 0.363 e. The lowest BCUT2D eigenvalue weighted by Gasteiger charge is -2.03. The number of anilines is 1. The topological polar surface area (TPSA) is 80.7 Å². The average molecular weight is 307 g/mol. The van der Waals surface area contributed by atoms with E-state index < -0.39 is 5.97 Å². The molecule has 2 aromatic rings. The molecule has 3 rings (SSSR count). The molecule has 0 unspecified atom stereocenters. The molecule has 1 aliphatic heterocycles. The van der Waals surface area contributed by atoms with Gasteiger partial charge in [0, 0.05) is 30.6 Å². The number of carbonyl (C=O) groups excluding carboxylic acids is 2. The van der Waals surface area contributed by atoms with Crippen LogP contribution in [0.15, 0.2) is 59.5 Å². The fourth-order valence-corrected chi connectivity index (χ4v) is 2.05. The van der Waals surface area contributed by atoms with Gasteiger partial charge in [0.1, 0.15) is 0 Å². The maximum absolute atomic E-state index is 11.9. The van der Waals surface area contributed by atoms with Gasteiger partial charge in [-0.25, -0.2) is 9.79 Å². The zero-order valence-corrected chi connectivity index (χ0v) is 12.3. The van der Waals surface area contributed by atoms with Crippen molar-refractivity contribution in [2.75, 3.05) is 5.32 Å². The first-order valence-corrected chi connectivity index (χ1v) is 6.92. The van der Waals surface area contributed by atoms with Crippen LogP contribution in [0.25, 0.3) is 6.08 Å². The normalized spacial score (nSPS) is 15.3. The first-order chi connectivity index (χ1) is 11.1. The first kappa shape index (κ1) is 14.6. The van der Waals surface area contributed by atoms with Gasteiger partial charge >= 0.3 is 5.97 Å². The number of aliphatic imine (C=N–C) groups is 1. The molecule has 1 amide bonds. The molecule has 23 heavy (non-hydrogen) atoms. The third-order valence-electron chi connectivity index (χ3n) is 3.08. The minimum absolute atomic E-state index is 0.148. The number of hydrogen-bond acceptors (Lipinski definition) is 5. The van der Waals surface area contributed by atoms with Crippen LogP contribution in [0.2, 0.25) is 0 Å². The van der Waals surface area contributed by atoms with Crippen LogP contribution in [0, 0.1) is 0 Å². The number of aromatic nitrogens is 1. The van der Waals surface area contributed by atoms with Crippen LogP contribution in [0.5, 0.6) is 0 Å². The number of carbonyl (C=O) groups is 2. The summed E-state index contributed by atoms with van der Waals surface area (Å²) >= 11 is 0. The molecular formula is C17H13N3O3. The van der Waals surface area contributed by atoms with Crippen molar-refractivity contribution in [3.63, 3.8) is 0 Å². The highest BCUT2D eigenvalue weighted by Gasteiger charge is 2.24. The highest BCUT2D eigenvalue weighted by atomic mass is 16.6. The van der Waals surface area contributed by atoms with E-state index in [4.69, 9.17) is 4.74 Å². The summed E-state index contributed by atoms with van der Waals surface area (Å²) in [6, 6.07) is 10.4. The Morgan fingerprint density at radius 3 is 2.48 bits per heavy atom. The van der Waals surface area contributed by atoms with E-state index in [1.54, 1.807) is 54.9 Å². The maximum atomic E-state index is 11.9. The second kappa shape index (κ2) is 6.23. The Hall–Kier alpha value is -3.28. The number of pyridine rings is 1. The lowest BCUT2D eigenvalue weighted by Crippen LogP contribution is -2.07. The van der Waals surface area contributed by atoms with Crippen LogP contribution in [-0.2, 0) is 14.3 Å². The molecule has 1 aromatic carbocycles. The van der Waals surface area contributed by atoms with Crippen LogP contribution in [-0.4, -0.2) is 22.8 Å². The van der Waals surface area contributed by atoms with E-state index in [9.17, 15) is 9.59 Å². The van der Waals surface area contributed by atoms with Gasteiger partial charge in [-0.1, -0.05) is 0 Å². The van der Waals surface area contributed by atoms with Crippen molar-refractivity contribution in [1.29, 1.82) is 0 Å². The molecule has 114 valence electrons. The molecule has 2 heterocycles. The number of rotatable bonds is 3. The lowest BCUT2D eigenvalue weighted by molar-refractivity contribution is -0.129.